The van der Waals surface area contributed by atoms with Crippen LogP contribution in [0.3, 0.4) is 0 Å². The third kappa shape index (κ3) is 4.63. The van der Waals surface area contributed by atoms with Gasteiger partial charge < -0.3 is 20.1 Å². The van der Waals surface area contributed by atoms with Crippen LogP contribution in [0.2, 0.25) is 0 Å². The number of aromatic nitrogens is 4. The number of hydrogen-bond acceptors (Lipinski definition) is 7. The molecule has 27 heavy (non-hydrogen) atoms. The van der Waals surface area contributed by atoms with Crippen LogP contribution in [-0.4, -0.2) is 48.6 Å². The van der Waals surface area contributed by atoms with E-state index >= 15 is 0 Å². The fourth-order valence-electron chi connectivity index (χ4n) is 3.70. The first-order chi connectivity index (χ1) is 12.0. The number of halogens is 2. The smallest absolute Gasteiger partial charge is 0.138 e. The van der Waals surface area contributed by atoms with E-state index in [-0.39, 0.29) is 36.8 Å². The van der Waals surface area contributed by atoms with E-state index in [1.54, 1.807) is 4.68 Å². The molecule has 4 atom stereocenters. The zero-order chi connectivity index (χ0) is 17.6. The summed E-state index contributed by atoms with van der Waals surface area (Å²) in [6, 6.07) is -0.167. The predicted molar refractivity (Wildman–Crippen MR) is 103 cm³/mol. The van der Waals surface area contributed by atoms with Gasteiger partial charge in [0.1, 0.15) is 5.76 Å². The molecule has 0 radical (unpaired) electrons. The third-order valence-corrected chi connectivity index (χ3v) is 5.50. The van der Waals surface area contributed by atoms with Gasteiger partial charge in [0.2, 0.25) is 0 Å². The molecule has 0 unspecified atom stereocenters. The first-order valence-corrected chi connectivity index (χ1v) is 8.94. The molecule has 2 aliphatic rings. The maximum absolute atomic E-state index is 10.4. The summed E-state index contributed by atoms with van der Waals surface area (Å²) in [6.45, 7) is 4.92. The van der Waals surface area contributed by atoms with Crippen LogP contribution >= 0.6 is 24.8 Å². The Bertz CT molecular complexity index is 729. The molecule has 0 bridgehead atoms. The second-order valence-electron chi connectivity index (χ2n) is 7.41. The highest BCUT2D eigenvalue weighted by molar-refractivity contribution is 5.85. The minimum absolute atomic E-state index is 0. The molecule has 0 aliphatic heterocycles. The van der Waals surface area contributed by atoms with E-state index in [9.17, 15) is 10.2 Å². The summed E-state index contributed by atoms with van der Waals surface area (Å²) in [5.74, 6) is 1.30. The Hall–Kier alpha value is -1.19. The van der Waals surface area contributed by atoms with Gasteiger partial charge in [0.15, 0.2) is 0 Å². The van der Waals surface area contributed by atoms with Gasteiger partial charge >= 0.3 is 0 Å². The van der Waals surface area contributed by atoms with Crippen LogP contribution < -0.4 is 5.32 Å². The Morgan fingerprint density at radius 2 is 1.96 bits per heavy atom. The van der Waals surface area contributed by atoms with Gasteiger partial charge in [-0.15, -0.1) is 29.9 Å². The van der Waals surface area contributed by atoms with E-state index < -0.39 is 12.2 Å². The quantitative estimate of drug-likeness (QED) is 0.650. The van der Waals surface area contributed by atoms with E-state index in [2.05, 4.69) is 20.8 Å². The summed E-state index contributed by atoms with van der Waals surface area (Å²) in [4.78, 5) is 0. The zero-order valence-electron chi connectivity index (χ0n) is 15.4. The van der Waals surface area contributed by atoms with Crippen molar-refractivity contribution in [2.75, 3.05) is 0 Å². The molecule has 8 nitrogen and oxygen atoms in total. The summed E-state index contributed by atoms with van der Waals surface area (Å²) >= 11 is 0. The van der Waals surface area contributed by atoms with Crippen molar-refractivity contribution in [3.05, 3.63) is 28.9 Å². The van der Waals surface area contributed by atoms with Gasteiger partial charge in [-0.25, -0.2) is 0 Å². The minimum Gasteiger partial charge on any atom is -0.390 e. The third-order valence-electron chi connectivity index (χ3n) is 5.50. The lowest BCUT2D eigenvalue weighted by Gasteiger charge is -2.18. The van der Waals surface area contributed by atoms with Gasteiger partial charge in [-0.2, -0.15) is 0 Å². The molecule has 152 valence electrons. The molecule has 2 aliphatic carbocycles. The van der Waals surface area contributed by atoms with E-state index in [4.69, 9.17) is 4.52 Å². The summed E-state index contributed by atoms with van der Waals surface area (Å²) in [5, 5.41) is 36.4. The number of aliphatic hydroxyl groups is 2. The van der Waals surface area contributed by atoms with Crippen molar-refractivity contribution in [2.45, 2.75) is 70.4 Å². The number of nitrogens with one attached hydrogen (secondary N) is 1. The normalized spacial score (nSPS) is 27.3. The molecule has 3 N–H and O–H groups in total. The van der Waals surface area contributed by atoms with Crippen molar-refractivity contribution in [1.29, 1.82) is 0 Å². The lowest BCUT2D eigenvalue weighted by Crippen LogP contribution is -2.39. The van der Waals surface area contributed by atoms with Gasteiger partial charge in [0.25, 0.3) is 0 Å². The summed E-state index contributed by atoms with van der Waals surface area (Å²) in [5.41, 5.74) is 2.90. The van der Waals surface area contributed by atoms with Crippen LogP contribution in [0, 0.1) is 19.8 Å². The molecule has 4 rings (SSSR count). The second kappa shape index (κ2) is 8.87. The highest BCUT2D eigenvalue weighted by Gasteiger charge is 2.41. The molecular weight excluding hydrogens is 393 g/mol. The van der Waals surface area contributed by atoms with Gasteiger partial charge in [0, 0.05) is 42.7 Å². The number of aryl methyl sites for hydroxylation is 2. The Labute approximate surface area is 170 Å². The molecule has 2 aromatic rings. The Kier molecular flexibility index (Phi) is 7.27. The van der Waals surface area contributed by atoms with E-state index in [1.807, 2.05) is 20.0 Å². The van der Waals surface area contributed by atoms with Crippen LogP contribution in [0.15, 0.2) is 10.7 Å². The molecular formula is C17H27Cl2N5O3. The fraction of sp³-hybridized carbons (Fsp3) is 0.706. The van der Waals surface area contributed by atoms with Crippen LogP contribution in [0.4, 0.5) is 0 Å². The fourth-order valence-corrected chi connectivity index (χ4v) is 3.70. The summed E-state index contributed by atoms with van der Waals surface area (Å²) in [6.07, 6.45) is 3.48. The largest absolute Gasteiger partial charge is 0.390 e. The van der Waals surface area contributed by atoms with Crippen LogP contribution in [0.5, 0.6) is 0 Å². The van der Waals surface area contributed by atoms with Gasteiger partial charge in [-0.05, 0) is 33.1 Å². The van der Waals surface area contributed by atoms with Crippen molar-refractivity contribution in [3.63, 3.8) is 0 Å². The Morgan fingerprint density at radius 1 is 1.22 bits per heavy atom. The van der Waals surface area contributed by atoms with Gasteiger partial charge in [-0.1, -0.05) is 10.4 Å². The van der Waals surface area contributed by atoms with Crippen LogP contribution in [0.25, 0.3) is 0 Å². The van der Waals surface area contributed by atoms with Crippen molar-refractivity contribution < 1.29 is 14.7 Å². The molecule has 2 aromatic heterocycles. The summed E-state index contributed by atoms with van der Waals surface area (Å²) < 4.78 is 6.96. The Morgan fingerprint density at radius 3 is 2.59 bits per heavy atom. The molecule has 0 spiro atoms. The van der Waals surface area contributed by atoms with Crippen LogP contribution in [0.1, 0.15) is 47.9 Å². The highest BCUT2D eigenvalue weighted by atomic mass is 35.5. The van der Waals surface area contributed by atoms with Crippen LogP contribution in [-0.2, 0) is 13.1 Å². The van der Waals surface area contributed by atoms with Gasteiger partial charge in [-0.3, -0.25) is 4.68 Å². The lowest BCUT2D eigenvalue weighted by atomic mass is 10.1. The molecule has 10 heteroatoms. The topological polar surface area (TPSA) is 109 Å². The first-order valence-electron chi connectivity index (χ1n) is 8.94. The first kappa shape index (κ1) is 22.1. The SMILES string of the molecule is Cc1noc(C)c1CN[C@@H]1C[C@H](Cn2cc(C3CC3)nn2)[C@@H](O)[C@H]1O.Cl.Cl. The number of aliphatic hydroxyl groups excluding tert-OH is 2. The van der Waals surface area contributed by atoms with E-state index in [0.717, 1.165) is 22.7 Å². The monoisotopic (exact) mass is 419 g/mol. The maximum Gasteiger partial charge on any atom is 0.138 e. The standard InChI is InChI=1S/C17H25N5O3.2ClH/c1-9-13(10(2)25-20-9)6-18-14-5-12(16(23)17(14)24)7-22-8-15(19-21-22)11-3-4-11;;/h8,11-12,14,16-18,23-24H,3-7H2,1-2H3;2*1H/t12-,14-,16-,17+;;/m1../s1. The minimum atomic E-state index is -0.795. The average molecular weight is 420 g/mol. The van der Waals surface area contributed by atoms with Gasteiger partial charge in [0.05, 0.1) is 23.6 Å². The lowest BCUT2D eigenvalue weighted by molar-refractivity contribution is 0.00720. The van der Waals surface area contributed by atoms with E-state index in [1.165, 1.54) is 12.8 Å². The number of hydrogen-bond donors (Lipinski definition) is 3. The summed E-state index contributed by atoms with van der Waals surface area (Å²) in [7, 11) is 0. The van der Waals surface area contributed by atoms with Crippen molar-refractivity contribution in [1.82, 2.24) is 25.5 Å². The second-order valence-corrected chi connectivity index (χ2v) is 7.41. The predicted octanol–water partition coefficient (Wildman–Crippen LogP) is 1.50. The maximum atomic E-state index is 10.4. The molecule has 2 saturated carbocycles. The number of nitrogens with zero attached hydrogens (tertiary/aromatic N) is 4. The molecule has 0 aromatic carbocycles. The highest BCUT2D eigenvalue weighted by Crippen LogP contribution is 2.38. The number of rotatable bonds is 6. The van der Waals surface area contributed by atoms with Crippen molar-refractivity contribution >= 4 is 24.8 Å². The zero-order valence-corrected chi connectivity index (χ0v) is 17.0. The molecule has 0 amide bonds. The molecule has 2 heterocycles. The van der Waals surface area contributed by atoms with E-state index in [0.29, 0.717) is 25.4 Å². The van der Waals surface area contributed by atoms with Crippen molar-refractivity contribution in [3.8, 4) is 0 Å². The molecule has 2 fully saturated rings. The molecule has 0 saturated heterocycles. The van der Waals surface area contributed by atoms with Crippen molar-refractivity contribution in [2.24, 2.45) is 5.92 Å². The Balaban J connectivity index is 0.00000131. The average Bonchev–Trinajstić information content (AvgIpc) is 3.19.